The summed E-state index contributed by atoms with van der Waals surface area (Å²) in [6.07, 6.45) is 0.504. The Bertz CT molecular complexity index is 638. The van der Waals surface area contributed by atoms with Crippen LogP contribution in [0.3, 0.4) is 0 Å². The Labute approximate surface area is 114 Å². The Morgan fingerprint density at radius 2 is 2.32 bits per heavy atom. The molecule has 3 N–H and O–H groups in total. The maximum atomic E-state index is 12.0. The molecule has 1 unspecified atom stereocenters. The first kappa shape index (κ1) is 13.7. The summed E-state index contributed by atoms with van der Waals surface area (Å²) in [4.78, 5) is 18.7. The number of nitrogens with zero attached hydrogens (tertiary/aromatic N) is 3. The number of carbonyl (C=O) groups excluding carboxylic acids is 1. The Hall–Kier alpha value is -1.68. The zero-order valence-electron chi connectivity index (χ0n) is 10.3. The molecule has 0 fully saturated rings. The minimum atomic E-state index is -3.52. The third kappa shape index (κ3) is 2.40. The minimum absolute atomic E-state index is 0.0751. The molecule has 0 saturated carbocycles. The normalized spacial score (nSPS) is 25.8. The molecule has 1 amide bonds. The van der Waals surface area contributed by atoms with Gasteiger partial charge in [0.05, 0.1) is 0 Å². The zero-order chi connectivity index (χ0) is 14.3. The molecule has 1 aromatic rings. The summed E-state index contributed by atoms with van der Waals surface area (Å²) in [7, 11) is -2.16. The van der Waals surface area contributed by atoms with Gasteiger partial charge in [0, 0.05) is 12.4 Å². The van der Waals surface area contributed by atoms with Gasteiger partial charge in [-0.05, 0) is 6.92 Å². The molecular weight excluding hydrogens is 290 g/mol. The summed E-state index contributed by atoms with van der Waals surface area (Å²) in [5.74, 6) is 0.0702. The summed E-state index contributed by atoms with van der Waals surface area (Å²) in [5.41, 5.74) is 4.60. The second kappa shape index (κ2) is 4.46. The van der Waals surface area contributed by atoms with Gasteiger partial charge in [-0.2, -0.15) is 0 Å². The first-order valence-electron chi connectivity index (χ1n) is 5.26. The molecule has 2 heterocycles. The van der Waals surface area contributed by atoms with Crippen LogP contribution in [0.15, 0.2) is 10.4 Å². The fraction of sp³-hybridized carbons (Fsp3) is 0.444. The second-order valence-corrected chi connectivity index (χ2v) is 7.13. The highest BCUT2D eigenvalue weighted by atomic mass is 32.2. The Morgan fingerprint density at radius 3 is 2.89 bits per heavy atom. The molecule has 19 heavy (non-hydrogen) atoms. The monoisotopic (exact) mass is 303 g/mol. The third-order valence-corrected chi connectivity index (χ3v) is 5.78. The van der Waals surface area contributed by atoms with Crippen LogP contribution in [0, 0.1) is 0 Å². The van der Waals surface area contributed by atoms with Crippen LogP contribution in [-0.4, -0.2) is 42.9 Å². The number of nitrogens with two attached hydrogens (primary N) is 1. The van der Waals surface area contributed by atoms with E-state index in [4.69, 9.17) is 5.73 Å². The van der Waals surface area contributed by atoms with E-state index in [-0.39, 0.29) is 11.7 Å². The lowest BCUT2D eigenvalue weighted by Crippen LogP contribution is -2.50. The maximum absolute atomic E-state index is 12.0. The van der Waals surface area contributed by atoms with E-state index < -0.39 is 15.6 Å². The Morgan fingerprint density at radius 1 is 1.63 bits per heavy atom. The van der Waals surface area contributed by atoms with Gasteiger partial charge in [-0.3, -0.25) is 4.79 Å². The highest BCUT2D eigenvalue weighted by molar-refractivity contribution is 7.89. The summed E-state index contributed by atoms with van der Waals surface area (Å²) in [5, 5.41) is 4.50. The highest BCUT2D eigenvalue weighted by Gasteiger charge is 2.42. The van der Waals surface area contributed by atoms with Crippen LogP contribution in [0.5, 0.6) is 0 Å². The average molecular weight is 303 g/mol. The van der Waals surface area contributed by atoms with Crippen LogP contribution in [0.25, 0.3) is 0 Å². The van der Waals surface area contributed by atoms with E-state index in [1.807, 2.05) is 0 Å². The van der Waals surface area contributed by atoms with Crippen molar-refractivity contribution in [1.82, 2.24) is 9.29 Å². The van der Waals surface area contributed by atoms with Gasteiger partial charge in [-0.15, -0.1) is 11.3 Å². The van der Waals surface area contributed by atoms with Gasteiger partial charge >= 0.3 is 0 Å². The number of anilines is 1. The summed E-state index contributed by atoms with van der Waals surface area (Å²) in [6, 6.07) is 0. The smallest absolute Gasteiger partial charge is 0.239 e. The third-order valence-electron chi connectivity index (χ3n) is 2.74. The van der Waals surface area contributed by atoms with Crippen molar-refractivity contribution in [1.29, 1.82) is 0 Å². The molecule has 104 valence electrons. The first-order chi connectivity index (χ1) is 8.78. The van der Waals surface area contributed by atoms with Crippen LogP contribution in [0.1, 0.15) is 11.9 Å². The molecule has 2 rings (SSSR count). The molecule has 8 nitrogen and oxygen atoms in total. The molecule has 1 aliphatic heterocycles. The number of sulfonamides is 1. The van der Waals surface area contributed by atoms with Crippen molar-refractivity contribution in [3.63, 3.8) is 0 Å². The lowest BCUT2D eigenvalue weighted by molar-refractivity contribution is -0.105. The van der Waals surface area contributed by atoms with E-state index in [9.17, 15) is 13.2 Å². The van der Waals surface area contributed by atoms with Gasteiger partial charge in [0.1, 0.15) is 22.1 Å². The predicted octanol–water partition coefficient (Wildman–Crippen LogP) is -0.484. The maximum Gasteiger partial charge on any atom is 0.239 e. The predicted molar refractivity (Wildman–Crippen MR) is 72.3 cm³/mol. The van der Waals surface area contributed by atoms with Gasteiger partial charge in [0.2, 0.25) is 22.4 Å². The van der Waals surface area contributed by atoms with Crippen molar-refractivity contribution < 1.29 is 13.2 Å². The largest absolute Gasteiger partial charge is 0.369 e. The fourth-order valence-corrected chi connectivity index (χ4v) is 4.10. The number of amides is 1. The fourth-order valence-electron chi connectivity index (χ4n) is 1.71. The SMILES string of the molecule is CN1C(N)=NC(C)(c2nc(NC=O)cs2)CS1(=O)=O. The molecule has 1 atom stereocenters. The van der Waals surface area contributed by atoms with Crippen LogP contribution in [0.4, 0.5) is 5.82 Å². The van der Waals surface area contributed by atoms with E-state index in [1.165, 1.54) is 18.4 Å². The van der Waals surface area contributed by atoms with Crippen molar-refractivity contribution in [2.75, 3.05) is 18.1 Å². The number of carbonyl (C=O) groups is 1. The van der Waals surface area contributed by atoms with Gasteiger partial charge in [0.25, 0.3) is 0 Å². The average Bonchev–Trinajstić information content (AvgIpc) is 2.75. The van der Waals surface area contributed by atoms with E-state index in [2.05, 4.69) is 15.3 Å². The number of hydrogen-bond acceptors (Lipinski definition) is 7. The topological polar surface area (TPSA) is 118 Å². The van der Waals surface area contributed by atoms with Crippen LogP contribution in [-0.2, 0) is 20.4 Å². The van der Waals surface area contributed by atoms with E-state index in [0.29, 0.717) is 17.2 Å². The summed E-state index contributed by atoms with van der Waals surface area (Å²) >= 11 is 1.22. The number of hydrogen-bond donors (Lipinski definition) is 2. The van der Waals surface area contributed by atoms with Crippen molar-refractivity contribution in [2.24, 2.45) is 10.7 Å². The number of guanidine groups is 1. The highest BCUT2D eigenvalue weighted by Crippen LogP contribution is 2.34. The van der Waals surface area contributed by atoms with E-state index in [0.717, 1.165) is 4.31 Å². The summed E-state index contributed by atoms with van der Waals surface area (Å²) in [6.45, 7) is 1.65. The van der Waals surface area contributed by atoms with Gasteiger partial charge in [-0.1, -0.05) is 0 Å². The molecule has 0 aromatic carbocycles. The quantitative estimate of drug-likeness (QED) is 0.731. The van der Waals surface area contributed by atoms with Crippen LogP contribution >= 0.6 is 11.3 Å². The molecule has 0 spiro atoms. The molecule has 10 heteroatoms. The Kier molecular flexibility index (Phi) is 3.22. The number of aromatic nitrogens is 1. The molecule has 0 aliphatic carbocycles. The number of rotatable bonds is 3. The van der Waals surface area contributed by atoms with E-state index in [1.54, 1.807) is 12.3 Å². The first-order valence-corrected chi connectivity index (χ1v) is 7.75. The molecule has 0 radical (unpaired) electrons. The van der Waals surface area contributed by atoms with Crippen molar-refractivity contribution >= 4 is 39.5 Å². The lowest BCUT2D eigenvalue weighted by atomic mass is 10.1. The molecular formula is C9H13N5O3S2. The molecule has 1 aromatic heterocycles. The minimum Gasteiger partial charge on any atom is -0.369 e. The second-order valence-electron chi connectivity index (χ2n) is 4.27. The standard InChI is InChI=1S/C9H13N5O3S2/c1-9(7-12-6(3-18-7)11-5-15)4-19(16,17)14(2)8(10)13-9/h3,5H,4H2,1-2H3,(H2,10,13)(H,11,15). The molecule has 0 bridgehead atoms. The van der Waals surface area contributed by atoms with Gasteiger partial charge in [-0.25, -0.2) is 22.7 Å². The molecule has 0 saturated heterocycles. The van der Waals surface area contributed by atoms with Crippen LogP contribution < -0.4 is 11.1 Å². The van der Waals surface area contributed by atoms with Crippen LogP contribution in [0.2, 0.25) is 0 Å². The lowest BCUT2D eigenvalue weighted by Gasteiger charge is -2.32. The van der Waals surface area contributed by atoms with Gasteiger partial charge < -0.3 is 11.1 Å². The van der Waals surface area contributed by atoms with Crippen molar-refractivity contribution in [2.45, 2.75) is 12.5 Å². The molecule has 1 aliphatic rings. The number of nitrogens with one attached hydrogen (secondary N) is 1. The van der Waals surface area contributed by atoms with Crippen molar-refractivity contribution in [3.05, 3.63) is 10.4 Å². The Balaban J connectivity index is 2.44. The van der Waals surface area contributed by atoms with Gasteiger partial charge in [0.15, 0.2) is 0 Å². The van der Waals surface area contributed by atoms with Crippen molar-refractivity contribution in [3.8, 4) is 0 Å². The number of aliphatic imine (C=N–C) groups is 1. The van der Waals surface area contributed by atoms with E-state index >= 15 is 0 Å². The number of thiazole rings is 1. The zero-order valence-corrected chi connectivity index (χ0v) is 12.0. The summed E-state index contributed by atoms with van der Waals surface area (Å²) < 4.78 is 24.9.